The number of anilines is 2. The van der Waals surface area contributed by atoms with Crippen molar-refractivity contribution in [2.45, 2.75) is 13.1 Å². The Morgan fingerprint density at radius 2 is 1.45 bits per heavy atom. The first-order valence-electron chi connectivity index (χ1n) is 9.18. The first-order valence-corrected chi connectivity index (χ1v) is 9.18. The number of halogens is 2. The van der Waals surface area contributed by atoms with Crippen LogP contribution in [-0.4, -0.2) is 24.9 Å². The van der Waals surface area contributed by atoms with Gasteiger partial charge in [-0.1, -0.05) is 12.1 Å². The Labute approximate surface area is 169 Å². The fourth-order valence-electron chi connectivity index (χ4n) is 3.16. The second kappa shape index (κ2) is 8.73. The maximum Gasteiger partial charge on any atom is 0.254 e. The average molecular weight is 395 g/mol. The number of nitrogens with zero attached hydrogens (tertiary/aromatic N) is 2. The molecule has 0 fully saturated rings. The molecule has 150 valence electrons. The van der Waals surface area contributed by atoms with Crippen molar-refractivity contribution in [2.75, 3.05) is 24.7 Å². The molecular weight excluding hydrogens is 372 g/mol. The number of carbonyl (C=O) groups is 1. The Bertz CT molecular complexity index is 986. The summed E-state index contributed by atoms with van der Waals surface area (Å²) in [5.41, 5.74) is 9.56. The fourth-order valence-corrected chi connectivity index (χ4v) is 3.16. The van der Waals surface area contributed by atoms with Gasteiger partial charge in [0.15, 0.2) is 0 Å². The Kier molecular flexibility index (Phi) is 6.12. The van der Waals surface area contributed by atoms with Crippen LogP contribution in [0, 0.1) is 11.6 Å². The fraction of sp³-hybridized carbons (Fsp3) is 0.174. The third-order valence-corrected chi connectivity index (χ3v) is 4.61. The largest absolute Gasteiger partial charge is 0.399 e. The predicted molar refractivity (Wildman–Crippen MR) is 112 cm³/mol. The van der Waals surface area contributed by atoms with Crippen molar-refractivity contribution in [1.82, 2.24) is 4.90 Å². The van der Waals surface area contributed by atoms with Crippen LogP contribution in [0.4, 0.5) is 20.2 Å². The lowest BCUT2D eigenvalue weighted by Gasteiger charge is -2.26. The Morgan fingerprint density at radius 1 is 0.862 bits per heavy atom. The van der Waals surface area contributed by atoms with Crippen LogP contribution in [0.15, 0.2) is 66.7 Å². The van der Waals surface area contributed by atoms with E-state index in [-0.39, 0.29) is 18.3 Å². The van der Waals surface area contributed by atoms with Crippen LogP contribution < -0.4 is 10.6 Å². The maximum absolute atomic E-state index is 13.3. The van der Waals surface area contributed by atoms with E-state index in [2.05, 4.69) is 0 Å². The quantitative estimate of drug-likeness (QED) is 0.627. The number of benzene rings is 3. The average Bonchev–Trinajstić information content (AvgIpc) is 2.69. The van der Waals surface area contributed by atoms with Gasteiger partial charge in [-0.05, 0) is 65.7 Å². The second-order valence-corrected chi connectivity index (χ2v) is 7.08. The molecule has 0 aliphatic carbocycles. The normalized spacial score (nSPS) is 10.6. The third kappa shape index (κ3) is 5.10. The molecule has 0 aromatic heterocycles. The molecule has 0 saturated carbocycles. The summed E-state index contributed by atoms with van der Waals surface area (Å²) in [5.74, 6) is -0.991. The van der Waals surface area contributed by atoms with Gasteiger partial charge in [0.1, 0.15) is 11.6 Å². The first-order chi connectivity index (χ1) is 13.8. The third-order valence-electron chi connectivity index (χ3n) is 4.61. The molecule has 0 bridgehead atoms. The summed E-state index contributed by atoms with van der Waals surface area (Å²) in [5, 5.41) is 0. The molecule has 1 amide bonds. The minimum absolute atomic E-state index is 0.249. The van der Waals surface area contributed by atoms with Crippen molar-refractivity contribution in [3.05, 3.63) is 95.1 Å². The van der Waals surface area contributed by atoms with Gasteiger partial charge < -0.3 is 15.5 Å². The van der Waals surface area contributed by atoms with Crippen LogP contribution in [-0.2, 0) is 13.1 Å². The van der Waals surface area contributed by atoms with Crippen LogP contribution in [0.3, 0.4) is 0 Å². The molecule has 3 aromatic rings. The Morgan fingerprint density at radius 3 is 2.03 bits per heavy atom. The van der Waals surface area contributed by atoms with Gasteiger partial charge in [-0.15, -0.1) is 0 Å². The lowest BCUT2D eigenvalue weighted by atomic mass is 10.1. The van der Waals surface area contributed by atoms with Crippen molar-refractivity contribution in [3.63, 3.8) is 0 Å². The Hall–Kier alpha value is -3.41. The summed E-state index contributed by atoms with van der Waals surface area (Å²) in [6, 6.07) is 17.0. The topological polar surface area (TPSA) is 49.6 Å². The number of hydrogen-bond acceptors (Lipinski definition) is 3. The summed E-state index contributed by atoms with van der Waals surface area (Å²) >= 11 is 0. The Balaban J connectivity index is 1.96. The molecule has 0 unspecified atom stereocenters. The van der Waals surface area contributed by atoms with Crippen molar-refractivity contribution in [3.8, 4) is 0 Å². The van der Waals surface area contributed by atoms with Crippen molar-refractivity contribution >= 4 is 17.3 Å². The van der Waals surface area contributed by atoms with Gasteiger partial charge in [-0.25, -0.2) is 8.78 Å². The van der Waals surface area contributed by atoms with Crippen LogP contribution >= 0.6 is 0 Å². The van der Waals surface area contributed by atoms with E-state index < -0.39 is 5.82 Å². The number of amides is 1. The minimum atomic E-state index is -0.405. The molecule has 0 radical (unpaired) electrons. The zero-order chi connectivity index (χ0) is 21.0. The number of nitrogen functional groups attached to an aromatic ring is 1. The van der Waals surface area contributed by atoms with E-state index in [4.69, 9.17) is 5.73 Å². The molecule has 0 aliphatic rings. The highest BCUT2D eigenvalue weighted by Gasteiger charge is 2.19. The molecule has 0 aliphatic heterocycles. The summed E-state index contributed by atoms with van der Waals surface area (Å²) in [4.78, 5) is 16.8. The van der Waals surface area contributed by atoms with Crippen LogP contribution in [0.25, 0.3) is 0 Å². The van der Waals surface area contributed by atoms with Gasteiger partial charge in [0.2, 0.25) is 0 Å². The molecular formula is C23H23F2N3O. The number of carbonyl (C=O) groups excluding carboxylic acids is 1. The molecule has 3 aromatic carbocycles. The molecule has 2 N–H and O–H groups in total. The van der Waals surface area contributed by atoms with Gasteiger partial charge in [0.05, 0.1) is 0 Å². The molecule has 0 atom stereocenters. The van der Waals surface area contributed by atoms with Crippen molar-refractivity contribution < 1.29 is 13.6 Å². The molecule has 4 nitrogen and oxygen atoms in total. The van der Waals surface area contributed by atoms with E-state index >= 15 is 0 Å². The molecule has 3 rings (SSSR count). The highest BCUT2D eigenvalue weighted by Crippen LogP contribution is 2.25. The predicted octanol–water partition coefficient (Wildman–Crippen LogP) is 4.46. The number of nitrogens with two attached hydrogens (primary N) is 1. The SMILES string of the molecule is CN(C)c1ccc(N)cc1CN(Cc1ccc(F)cc1)C(=O)c1ccc(F)cc1. The van der Waals surface area contributed by atoms with E-state index in [0.29, 0.717) is 17.8 Å². The molecule has 0 saturated heterocycles. The zero-order valence-corrected chi connectivity index (χ0v) is 16.4. The standard InChI is InChI=1S/C23H23F2N3O/c1-27(2)22-12-11-21(26)13-18(22)15-28(14-16-3-7-19(24)8-4-16)23(29)17-5-9-20(25)10-6-17/h3-13H,14-15,26H2,1-2H3. The van der Waals surface area contributed by atoms with Crippen molar-refractivity contribution in [1.29, 1.82) is 0 Å². The van der Waals surface area contributed by atoms with Crippen molar-refractivity contribution in [2.24, 2.45) is 0 Å². The van der Waals surface area contributed by atoms with E-state index in [1.807, 2.05) is 37.2 Å². The molecule has 6 heteroatoms. The van der Waals surface area contributed by atoms with E-state index in [1.165, 1.54) is 36.4 Å². The smallest absolute Gasteiger partial charge is 0.254 e. The van der Waals surface area contributed by atoms with Gasteiger partial charge >= 0.3 is 0 Å². The number of hydrogen-bond donors (Lipinski definition) is 1. The summed E-state index contributed by atoms with van der Waals surface area (Å²) in [7, 11) is 3.84. The number of rotatable bonds is 6. The first kappa shape index (κ1) is 20.3. The highest BCUT2D eigenvalue weighted by molar-refractivity contribution is 5.94. The zero-order valence-electron chi connectivity index (χ0n) is 16.4. The second-order valence-electron chi connectivity index (χ2n) is 7.08. The minimum Gasteiger partial charge on any atom is -0.399 e. The van der Waals surface area contributed by atoms with Crippen LogP contribution in [0.5, 0.6) is 0 Å². The van der Waals surface area contributed by atoms with Gasteiger partial charge in [-0.2, -0.15) is 0 Å². The van der Waals surface area contributed by atoms with E-state index in [0.717, 1.165) is 16.8 Å². The molecule has 0 heterocycles. The van der Waals surface area contributed by atoms with Gasteiger partial charge in [0.25, 0.3) is 5.91 Å². The summed E-state index contributed by atoms with van der Waals surface area (Å²) in [6.45, 7) is 0.574. The van der Waals surface area contributed by atoms with Gasteiger partial charge in [-0.3, -0.25) is 4.79 Å². The molecule has 0 spiro atoms. The summed E-state index contributed by atoms with van der Waals surface area (Å²) in [6.07, 6.45) is 0. The lowest BCUT2D eigenvalue weighted by Crippen LogP contribution is -2.31. The van der Waals surface area contributed by atoms with Crippen LogP contribution in [0.2, 0.25) is 0 Å². The molecule has 29 heavy (non-hydrogen) atoms. The van der Waals surface area contributed by atoms with E-state index in [1.54, 1.807) is 17.0 Å². The monoisotopic (exact) mass is 395 g/mol. The maximum atomic E-state index is 13.3. The van der Waals surface area contributed by atoms with Crippen LogP contribution in [0.1, 0.15) is 21.5 Å². The van der Waals surface area contributed by atoms with Gasteiger partial charge in [0, 0.05) is 44.1 Å². The summed E-state index contributed by atoms with van der Waals surface area (Å²) < 4.78 is 26.6. The lowest BCUT2D eigenvalue weighted by molar-refractivity contribution is 0.0730. The van der Waals surface area contributed by atoms with E-state index in [9.17, 15) is 13.6 Å². The highest BCUT2D eigenvalue weighted by atomic mass is 19.1.